The number of fused-ring (bicyclic) bond motifs is 1. The maximum absolute atomic E-state index is 5.27. The molecule has 1 aromatic heterocycles. The molecule has 32 heavy (non-hydrogen) atoms. The monoisotopic (exact) mass is 528 g/mol. The first-order valence-corrected chi connectivity index (χ1v) is 12.8. The fraction of sp³-hybridized carbons (Fsp3) is 0.207. The van der Waals surface area contributed by atoms with Gasteiger partial charge in [-0.2, -0.15) is 0 Å². The van der Waals surface area contributed by atoms with E-state index >= 15 is 0 Å². The van der Waals surface area contributed by atoms with Crippen LogP contribution >= 0.6 is 7.92 Å². The second-order valence-electron chi connectivity index (χ2n) is 8.78. The number of rotatable bonds is 5. The van der Waals surface area contributed by atoms with Crippen LogP contribution in [-0.4, -0.2) is 4.98 Å². The Morgan fingerprint density at radius 1 is 0.750 bits per heavy atom. The Kier molecular flexibility index (Phi) is 7.38. The summed E-state index contributed by atoms with van der Waals surface area (Å²) in [6, 6.07) is 35.5. The maximum atomic E-state index is 5.27. The third-order valence-corrected chi connectivity index (χ3v) is 9.29. The molecule has 0 radical (unpaired) electrons. The van der Waals surface area contributed by atoms with Gasteiger partial charge in [0.15, 0.2) is 0 Å². The predicted octanol–water partition coefficient (Wildman–Crippen LogP) is 5.92. The summed E-state index contributed by atoms with van der Waals surface area (Å²) in [6.07, 6.45) is 2.39. The summed E-state index contributed by atoms with van der Waals surface area (Å²) < 4.78 is 0. The second kappa shape index (κ2) is 10.2. The molecule has 3 aromatic carbocycles. The van der Waals surface area contributed by atoms with Crippen LogP contribution in [0.3, 0.4) is 0 Å². The van der Waals surface area contributed by atoms with Gasteiger partial charge in [-0.3, -0.25) is 4.98 Å². The molecule has 0 aliphatic heterocycles. The van der Waals surface area contributed by atoms with Crippen molar-refractivity contribution in [3.63, 3.8) is 0 Å². The smallest absolute Gasteiger partial charge is 0.111 e. The van der Waals surface area contributed by atoms with Gasteiger partial charge in [-0.25, -0.2) is 0 Å². The Morgan fingerprint density at radius 2 is 1.34 bits per heavy atom. The zero-order valence-corrected chi connectivity index (χ0v) is 21.1. The molecule has 0 saturated carbocycles. The molecule has 0 spiro atoms. The van der Waals surface area contributed by atoms with E-state index in [1.54, 1.807) is 0 Å². The number of nitrogens with zero attached hydrogens (tertiary/aromatic N) is 1. The number of pyridine rings is 1. The molecule has 1 nitrogen and oxygen atoms in total. The summed E-state index contributed by atoms with van der Waals surface area (Å²) in [5, 5.41) is 4.23. The van der Waals surface area contributed by atoms with E-state index in [-0.39, 0.29) is 20.4 Å². The van der Waals surface area contributed by atoms with E-state index in [1.807, 2.05) is 0 Å². The molecule has 3 heteroatoms. The van der Waals surface area contributed by atoms with Gasteiger partial charge in [0.25, 0.3) is 0 Å². The predicted molar refractivity (Wildman–Crippen MR) is 136 cm³/mol. The summed E-state index contributed by atoms with van der Waals surface area (Å²) in [7, 11) is -1.14. The van der Waals surface area contributed by atoms with Crippen LogP contribution in [0, 0.1) is 5.92 Å². The first kappa shape index (κ1) is 23.1. The largest absolute Gasteiger partial charge is 0.252 e. The Hall–Kier alpha value is -2.10. The van der Waals surface area contributed by atoms with Crippen LogP contribution in [0.1, 0.15) is 37.4 Å². The average Bonchev–Trinajstić information content (AvgIpc) is 3.25. The standard InChI is InChI=1S/C29H28NP.Pd/c1-21(2)25-19-17-22-18-20-27(30-29(22)25)26-15-9-10-16-28(26)31(23-11-5-3-6-12-23)24-13-7-4-8-14-24;/h3-16,18,20-21,25H,17,19H2,1-2H3;/p+1/t25-;/m1./s1. The minimum Gasteiger partial charge on any atom is -0.252 e. The normalized spacial score (nSPS) is 14.9. The van der Waals surface area contributed by atoms with Crippen LogP contribution in [0.2, 0.25) is 0 Å². The molecule has 0 bridgehead atoms. The van der Waals surface area contributed by atoms with Gasteiger partial charge in [0.05, 0.1) is 13.6 Å². The van der Waals surface area contributed by atoms with Crippen LogP contribution in [0.4, 0.5) is 0 Å². The van der Waals surface area contributed by atoms with Crippen LogP contribution in [0.5, 0.6) is 0 Å². The van der Waals surface area contributed by atoms with Crippen LogP contribution in [0.15, 0.2) is 97.1 Å². The van der Waals surface area contributed by atoms with Crippen molar-refractivity contribution in [2.45, 2.75) is 32.6 Å². The van der Waals surface area contributed by atoms with Gasteiger partial charge in [0.2, 0.25) is 0 Å². The third kappa shape index (κ3) is 4.51. The van der Waals surface area contributed by atoms with Crippen molar-refractivity contribution < 1.29 is 20.4 Å². The van der Waals surface area contributed by atoms with Crippen LogP contribution in [0.25, 0.3) is 11.3 Å². The third-order valence-electron chi connectivity index (χ3n) is 6.49. The van der Waals surface area contributed by atoms with Gasteiger partial charge in [-0.1, -0.05) is 68.4 Å². The number of hydrogen-bond donors (Lipinski definition) is 0. The van der Waals surface area contributed by atoms with Crippen molar-refractivity contribution in [1.82, 2.24) is 4.98 Å². The van der Waals surface area contributed by atoms with E-state index in [4.69, 9.17) is 4.98 Å². The zero-order chi connectivity index (χ0) is 21.2. The van der Waals surface area contributed by atoms with Gasteiger partial charge in [-0.05, 0) is 66.8 Å². The first-order chi connectivity index (χ1) is 15.2. The molecule has 4 aromatic rings. The molecule has 1 atom stereocenters. The minimum atomic E-state index is -1.14. The Bertz CT molecular complexity index is 1130. The van der Waals surface area contributed by atoms with Gasteiger partial charge >= 0.3 is 0 Å². The molecular weight excluding hydrogens is 500 g/mol. The van der Waals surface area contributed by atoms with Gasteiger partial charge in [0.1, 0.15) is 15.9 Å². The first-order valence-electron chi connectivity index (χ1n) is 11.3. The zero-order valence-electron chi connectivity index (χ0n) is 18.6. The van der Waals surface area contributed by atoms with E-state index < -0.39 is 7.92 Å². The van der Waals surface area contributed by atoms with Crippen LogP contribution < -0.4 is 15.9 Å². The molecule has 0 saturated heterocycles. The van der Waals surface area contributed by atoms with E-state index in [0.717, 1.165) is 12.1 Å². The quantitative estimate of drug-likeness (QED) is 0.231. The van der Waals surface area contributed by atoms with E-state index in [9.17, 15) is 0 Å². The summed E-state index contributed by atoms with van der Waals surface area (Å²) in [6.45, 7) is 4.65. The fourth-order valence-corrected chi connectivity index (χ4v) is 7.65. The van der Waals surface area contributed by atoms with Gasteiger partial charge < -0.3 is 0 Å². The number of aromatic nitrogens is 1. The van der Waals surface area contributed by atoms with E-state index in [2.05, 4.69) is 111 Å². The summed E-state index contributed by atoms with van der Waals surface area (Å²) in [5.74, 6) is 1.21. The Labute approximate surface area is 206 Å². The van der Waals surface area contributed by atoms with Crippen LogP contribution in [-0.2, 0) is 26.8 Å². The van der Waals surface area contributed by atoms with Crippen molar-refractivity contribution in [3.05, 3.63) is 108 Å². The fourth-order valence-electron chi connectivity index (χ4n) is 4.89. The number of hydrogen-bond acceptors (Lipinski definition) is 1. The number of aryl methyl sites for hydroxylation is 1. The molecule has 164 valence electrons. The Morgan fingerprint density at radius 3 is 1.97 bits per heavy atom. The van der Waals surface area contributed by atoms with E-state index in [1.165, 1.54) is 39.2 Å². The van der Waals surface area contributed by atoms with Gasteiger partial charge in [0, 0.05) is 37.6 Å². The van der Waals surface area contributed by atoms with Crippen molar-refractivity contribution in [3.8, 4) is 11.3 Å². The van der Waals surface area contributed by atoms with Crippen molar-refractivity contribution >= 4 is 23.8 Å². The van der Waals surface area contributed by atoms with Crippen molar-refractivity contribution in [1.29, 1.82) is 0 Å². The van der Waals surface area contributed by atoms with E-state index in [0.29, 0.717) is 11.8 Å². The summed E-state index contributed by atoms with van der Waals surface area (Å²) in [4.78, 5) is 5.27. The minimum absolute atomic E-state index is 0. The number of benzene rings is 3. The molecule has 1 heterocycles. The average molecular weight is 529 g/mol. The Balaban J connectivity index is 0.00000245. The molecule has 0 unspecified atom stereocenters. The second-order valence-corrected chi connectivity index (χ2v) is 11.2. The van der Waals surface area contributed by atoms with Gasteiger partial charge in [-0.15, -0.1) is 0 Å². The molecule has 0 amide bonds. The molecule has 1 aliphatic carbocycles. The molecule has 1 aliphatic rings. The topological polar surface area (TPSA) is 12.9 Å². The molecular formula is C29H29NPPd+. The molecule has 0 N–H and O–H groups in total. The molecule has 5 rings (SSSR count). The van der Waals surface area contributed by atoms with Crippen molar-refractivity contribution in [2.75, 3.05) is 0 Å². The van der Waals surface area contributed by atoms with Crippen molar-refractivity contribution in [2.24, 2.45) is 5.92 Å². The molecule has 0 fully saturated rings. The maximum Gasteiger partial charge on any atom is 0.111 e. The summed E-state index contributed by atoms with van der Waals surface area (Å²) in [5.41, 5.74) is 5.17. The summed E-state index contributed by atoms with van der Waals surface area (Å²) >= 11 is 0. The SMILES string of the molecule is CC(C)[C@H]1CCc2ccc(-c3ccccc3[PH+](c3ccccc3)c3ccccc3)nc21.[Pd].